The van der Waals surface area contributed by atoms with Crippen molar-refractivity contribution in [2.75, 3.05) is 24.2 Å². The van der Waals surface area contributed by atoms with Gasteiger partial charge in [0, 0.05) is 25.8 Å². The van der Waals surface area contributed by atoms with E-state index in [2.05, 4.69) is 15.5 Å². The first kappa shape index (κ1) is 14.8. The lowest BCUT2D eigenvalue weighted by atomic mass is 10.1. The summed E-state index contributed by atoms with van der Waals surface area (Å²) < 4.78 is 0. The zero-order valence-corrected chi connectivity index (χ0v) is 12.2. The van der Waals surface area contributed by atoms with Crippen LogP contribution in [0.3, 0.4) is 0 Å². The predicted octanol–water partition coefficient (Wildman–Crippen LogP) is 1.44. The van der Waals surface area contributed by atoms with Crippen LogP contribution in [0.15, 0.2) is 36.4 Å². The van der Waals surface area contributed by atoms with Gasteiger partial charge in [-0.25, -0.2) is 0 Å². The minimum atomic E-state index is -0.246. The van der Waals surface area contributed by atoms with Crippen LogP contribution in [0.5, 0.6) is 0 Å². The Balaban J connectivity index is 2.18. The van der Waals surface area contributed by atoms with Gasteiger partial charge in [0.1, 0.15) is 0 Å². The Labute approximate surface area is 124 Å². The molecule has 0 aliphatic rings. The lowest BCUT2D eigenvalue weighted by molar-refractivity contribution is 0.0957. The van der Waals surface area contributed by atoms with Crippen molar-refractivity contribution in [2.24, 2.45) is 0 Å². The van der Waals surface area contributed by atoms with Gasteiger partial charge in [-0.3, -0.25) is 4.79 Å². The Morgan fingerprint density at radius 2 is 2.00 bits per heavy atom. The number of rotatable bonds is 5. The van der Waals surface area contributed by atoms with Crippen LogP contribution in [0.2, 0.25) is 0 Å². The summed E-state index contributed by atoms with van der Waals surface area (Å²) in [6, 6.07) is 11.2. The van der Waals surface area contributed by atoms with Gasteiger partial charge in [0.15, 0.2) is 11.5 Å². The van der Waals surface area contributed by atoms with E-state index in [1.54, 1.807) is 19.2 Å². The van der Waals surface area contributed by atoms with Crippen LogP contribution in [-0.2, 0) is 6.54 Å². The van der Waals surface area contributed by atoms with E-state index in [4.69, 9.17) is 5.73 Å². The molecule has 2 rings (SSSR count). The molecular formula is C15H19N5O. The quantitative estimate of drug-likeness (QED) is 0.812. The molecule has 1 amide bonds. The average molecular weight is 285 g/mol. The molecule has 21 heavy (non-hydrogen) atoms. The Hall–Kier alpha value is -2.63. The summed E-state index contributed by atoms with van der Waals surface area (Å²) >= 11 is 0. The monoisotopic (exact) mass is 285 g/mol. The van der Waals surface area contributed by atoms with Crippen molar-refractivity contribution in [3.8, 4) is 0 Å². The summed E-state index contributed by atoms with van der Waals surface area (Å²) in [4.78, 5) is 13.5. The normalized spacial score (nSPS) is 10.2. The SMILES string of the molecule is CCN(Cc1ccccc1N)c1ccc(C(=O)NC)nn1. The van der Waals surface area contributed by atoms with E-state index >= 15 is 0 Å². The number of para-hydroxylation sites is 1. The maximum Gasteiger partial charge on any atom is 0.271 e. The number of aromatic nitrogens is 2. The molecule has 0 aliphatic carbocycles. The number of benzene rings is 1. The van der Waals surface area contributed by atoms with Gasteiger partial charge in [0.05, 0.1) is 0 Å². The highest BCUT2D eigenvalue weighted by Gasteiger charge is 2.11. The van der Waals surface area contributed by atoms with Crippen LogP contribution in [-0.4, -0.2) is 29.7 Å². The summed E-state index contributed by atoms with van der Waals surface area (Å²) in [6.07, 6.45) is 0. The second-order valence-electron chi connectivity index (χ2n) is 4.57. The van der Waals surface area contributed by atoms with Gasteiger partial charge in [-0.1, -0.05) is 18.2 Å². The molecule has 0 saturated carbocycles. The molecule has 6 nitrogen and oxygen atoms in total. The molecule has 110 valence electrons. The van der Waals surface area contributed by atoms with Gasteiger partial charge in [-0.15, -0.1) is 10.2 Å². The molecule has 3 N–H and O–H groups in total. The molecule has 0 spiro atoms. The van der Waals surface area contributed by atoms with E-state index in [0.717, 1.165) is 17.8 Å². The molecule has 0 radical (unpaired) electrons. The number of anilines is 2. The van der Waals surface area contributed by atoms with Gasteiger partial charge in [0.2, 0.25) is 0 Å². The fourth-order valence-corrected chi connectivity index (χ4v) is 1.98. The molecular weight excluding hydrogens is 266 g/mol. The lowest BCUT2D eigenvalue weighted by Crippen LogP contribution is -2.25. The number of nitrogens with one attached hydrogen (secondary N) is 1. The Bertz CT molecular complexity index is 612. The van der Waals surface area contributed by atoms with Crippen molar-refractivity contribution < 1.29 is 4.79 Å². The topological polar surface area (TPSA) is 84.1 Å². The minimum Gasteiger partial charge on any atom is -0.398 e. The van der Waals surface area contributed by atoms with Crippen LogP contribution in [0.25, 0.3) is 0 Å². The van der Waals surface area contributed by atoms with E-state index in [1.165, 1.54) is 0 Å². The maximum atomic E-state index is 11.5. The molecule has 0 bridgehead atoms. The summed E-state index contributed by atoms with van der Waals surface area (Å²) in [7, 11) is 1.56. The lowest BCUT2D eigenvalue weighted by Gasteiger charge is -2.22. The first-order valence-corrected chi connectivity index (χ1v) is 6.79. The number of nitrogen functional groups attached to an aromatic ring is 1. The zero-order chi connectivity index (χ0) is 15.2. The number of nitrogens with two attached hydrogens (primary N) is 1. The third-order valence-corrected chi connectivity index (χ3v) is 3.23. The first-order valence-electron chi connectivity index (χ1n) is 6.79. The third kappa shape index (κ3) is 3.47. The second kappa shape index (κ2) is 6.69. The van der Waals surface area contributed by atoms with Gasteiger partial charge in [-0.2, -0.15) is 0 Å². The van der Waals surface area contributed by atoms with Gasteiger partial charge in [0.25, 0.3) is 5.91 Å². The largest absolute Gasteiger partial charge is 0.398 e. The fraction of sp³-hybridized carbons (Fsp3) is 0.267. The molecule has 0 fully saturated rings. The van der Waals surface area contributed by atoms with Crippen LogP contribution >= 0.6 is 0 Å². The first-order chi connectivity index (χ1) is 10.2. The molecule has 0 atom stereocenters. The summed E-state index contributed by atoms with van der Waals surface area (Å²) in [5, 5.41) is 10.6. The van der Waals surface area contributed by atoms with Gasteiger partial charge >= 0.3 is 0 Å². The minimum absolute atomic E-state index is 0.246. The highest BCUT2D eigenvalue weighted by Crippen LogP contribution is 2.17. The number of hydrogen-bond acceptors (Lipinski definition) is 5. The Morgan fingerprint density at radius 3 is 2.57 bits per heavy atom. The van der Waals surface area contributed by atoms with E-state index < -0.39 is 0 Å². The highest BCUT2D eigenvalue weighted by atomic mass is 16.1. The van der Waals surface area contributed by atoms with Crippen molar-refractivity contribution in [2.45, 2.75) is 13.5 Å². The molecule has 0 unspecified atom stereocenters. The predicted molar refractivity (Wildman–Crippen MR) is 83.0 cm³/mol. The third-order valence-electron chi connectivity index (χ3n) is 3.23. The molecule has 2 aromatic rings. The van der Waals surface area contributed by atoms with Crippen molar-refractivity contribution in [3.63, 3.8) is 0 Å². The molecule has 0 saturated heterocycles. The molecule has 1 aromatic heterocycles. The fourth-order valence-electron chi connectivity index (χ4n) is 1.98. The van der Waals surface area contributed by atoms with Crippen molar-refractivity contribution >= 4 is 17.4 Å². The average Bonchev–Trinajstić information content (AvgIpc) is 2.53. The smallest absolute Gasteiger partial charge is 0.271 e. The number of carbonyl (C=O) groups excluding carboxylic acids is 1. The number of nitrogens with zero attached hydrogens (tertiary/aromatic N) is 3. The molecule has 0 aliphatic heterocycles. The van der Waals surface area contributed by atoms with Gasteiger partial charge in [-0.05, 0) is 30.7 Å². The van der Waals surface area contributed by atoms with Crippen LogP contribution < -0.4 is 16.0 Å². The van der Waals surface area contributed by atoms with E-state index in [-0.39, 0.29) is 5.91 Å². The second-order valence-corrected chi connectivity index (χ2v) is 4.57. The van der Waals surface area contributed by atoms with Crippen LogP contribution in [0, 0.1) is 0 Å². The maximum absolute atomic E-state index is 11.5. The number of amides is 1. The van der Waals surface area contributed by atoms with Crippen molar-refractivity contribution in [1.29, 1.82) is 0 Å². The number of hydrogen-bond donors (Lipinski definition) is 2. The Morgan fingerprint density at radius 1 is 1.24 bits per heavy atom. The molecule has 1 aromatic carbocycles. The highest BCUT2D eigenvalue weighted by molar-refractivity contribution is 5.91. The van der Waals surface area contributed by atoms with E-state index in [1.807, 2.05) is 36.1 Å². The molecule has 1 heterocycles. The van der Waals surface area contributed by atoms with Crippen LogP contribution in [0.4, 0.5) is 11.5 Å². The molecule has 6 heteroatoms. The summed E-state index contributed by atoms with van der Waals surface area (Å²) in [5.74, 6) is 0.470. The van der Waals surface area contributed by atoms with Crippen molar-refractivity contribution in [3.05, 3.63) is 47.7 Å². The van der Waals surface area contributed by atoms with E-state index in [9.17, 15) is 4.79 Å². The van der Waals surface area contributed by atoms with Gasteiger partial charge < -0.3 is 16.0 Å². The number of carbonyl (C=O) groups is 1. The summed E-state index contributed by atoms with van der Waals surface area (Å²) in [5.41, 5.74) is 8.06. The summed E-state index contributed by atoms with van der Waals surface area (Å²) in [6.45, 7) is 3.45. The standard InChI is InChI=1S/C15H19N5O/c1-3-20(10-11-6-4-5-7-12(11)16)14-9-8-13(18-19-14)15(21)17-2/h4-9H,3,10,16H2,1-2H3,(H,17,21). The van der Waals surface area contributed by atoms with Crippen LogP contribution in [0.1, 0.15) is 23.0 Å². The van der Waals surface area contributed by atoms with Crippen molar-refractivity contribution in [1.82, 2.24) is 15.5 Å². The zero-order valence-electron chi connectivity index (χ0n) is 12.2. The van der Waals surface area contributed by atoms with E-state index in [0.29, 0.717) is 18.1 Å². The Kier molecular flexibility index (Phi) is 4.71.